The summed E-state index contributed by atoms with van der Waals surface area (Å²) >= 11 is 0. The fourth-order valence-corrected chi connectivity index (χ4v) is 1.99. The lowest BCUT2D eigenvalue weighted by atomic mass is 10.2. The van der Waals surface area contributed by atoms with Crippen molar-refractivity contribution in [2.24, 2.45) is 0 Å². The zero-order chi connectivity index (χ0) is 13.6. The van der Waals surface area contributed by atoms with Crippen LogP contribution in [0.4, 0.5) is 8.68 Å². The molecule has 0 bridgehead atoms. The minimum atomic E-state index is -4.61. The predicted molar refractivity (Wildman–Crippen MR) is 64.1 cm³/mol. The van der Waals surface area contributed by atoms with Gasteiger partial charge in [-0.1, -0.05) is 30.3 Å². The normalized spacial score (nSPS) is 12.8. The largest absolute Gasteiger partial charge is 0.445 e. The summed E-state index contributed by atoms with van der Waals surface area (Å²) in [4.78, 5) is 11.3. The molecule has 1 N–H and O–H groups in total. The Kier molecular flexibility index (Phi) is 5.08. The molecule has 0 aliphatic carbocycles. The Morgan fingerprint density at radius 1 is 1.39 bits per heavy atom. The maximum atomic E-state index is 12.3. The molecule has 0 aromatic heterocycles. The molecule has 0 aliphatic heterocycles. The number of nitrogens with one attached hydrogen (secondary N) is 1. The van der Waals surface area contributed by atoms with E-state index >= 15 is 0 Å². The van der Waals surface area contributed by atoms with Gasteiger partial charge in [-0.25, -0.2) is 4.79 Å². The van der Waals surface area contributed by atoms with Gasteiger partial charge in [0.05, 0.1) is 5.75 Å². The lowest BCUT2D eigenvalue weighted by molar-refractivity contribution is 0.137. The molecule has 1 amide bonds. The molecule has 1 rings (SSSR count). The van der Waals surface area contributed by atoms with E-state index in [9.17, 15) is 17.1 Å². The van der Waals surface area contributed by atoms with Gasteiger partial charge in [0.15, 0.2) is 0 Å². The van der Waals surface area contributed by atoms with E-state index in [0.29, 0.717) is 0 Å². The second-order valence-corrected chi connectivity index (χ2v) is 5.22. The van der Waals surface area contributed by atoms with Gasteiger partial charge in [-0.3, -0.25) is 0 Å². The Hall–Kier alpha value is -1.63. The summed E-state index contributed by atoms with van der Waals surface area (Å²) in [5.41, 5.74) is 0.804. The Balaban J connectivity index is 2.34. The number of halogens is 1. The van der Waals surface area contributed by atoms with Crippen molar-refractivity contribution in [1.29, 1.82) is 0 Å². The number of hydrogen-bond acceptors (Lipinski definition) is 4. The number of rotatable bonds is 5. The number of ether oxygens (including phenoxy) is 1. The summed E-state index contributed by atoms with van der Waals surface area (Å²) in [6.45, 7) is 1.45. The number of benzene rings is 1. The molecular weight excluding hydrogens is 261 g/mol. The standard InChI is InChI=1S/C11H14FNO4S/c1-9(8-18(12,15)16)13-11(14)17-7-10-5-3-2-4-6-10/h2-6,9H,7-8H2,1H3,(H,13,14)/t9-/m0/s1. The topological polar surface area (TPSA) is 72.5 Å². The van der Waals surface area contributed by atoms with E-state index in [-0.39, 0.29) is 6.61 Å². The quantitative estimate of drug-likeness (QED) is 0.828. The number of carbonyl (C=O) groups excluding carboxylic acids is 1. The van der Waals surface area contributed by atoms with E-state index in [1.54, 1.807) is 24.3 Å². The molecule has 0 radical (unpaired) electrons. The average Bonchev–Trinajstić information content (AvgIpc) is 2.25. The van der Waals surface area contributed by atoms with E-state index in [4.69, 9.17) is 4.74 Å². The molecule has 7 heteroatoms. The van der Waals surface area contributed by atoms with Gasteiger partial charge in [-0.05, 0) is 12.5 Å². The van der Waals surface area contributed by atoms with Crippen molar-refractivity contribution >= 4 is 16.3 Å². The Morgan fingerprint density at radius 3 is 2.56 bits per heavy atom. The van der Waals surface area contributed by atoms with Crippen LogP contribution in [0.2, 0.25) is 0 Å². The fraction of sp³-hybridized carbons (Fsp3) is 0.364. The lowest BCUT2D eigenvalue weighted by Gasteiger charge is -2.11. The van der Waals surface area contributed by atoms with Crippen molar-refractivity contribution in [3.8, 4) is 0 Å². The van der Waals surface area contributed by atoms with Crippen LogP contribution in [0.1, 0.15) is 12.5 Å². The molecule has 18 heavy (non-hydrogen) atoms. The SMILES string of the molecule is C[C@@H](CS(=O)(=O)F)NC(=O)OCc1ccccc1. The smallest absolute Gasteiger partial charge is 0.407 e. The molecule has 1 aromatic carbocycles. The zero-order valence-electron chi connectivity index (χ0n) is 9.80. The molecule has 0 fully saturated rings. The summed E-state index contributed by atoms with van der Waals surface area (Å²) in [6, 6.07) is 8.15. The summed E-state index contributed by atoms with van der Waals surface area (Å²) in [7, 11) is -4.61. The third-order valence-corrected chi connectivity index (χ3v) is 2.92. The van der Waals surface area contributed by atoms with E-state index in [2.05, 4.69) is 5.32 Å². The van der Waals surface area contributed by atoms with Gasteiger partial charge in [0.2, 0.25) is 0 Å². The van der Waals surface area contributed by atoms with Crippen LogP contribution in [0.25, 0.3) is 0 Å². The third-order valence-electron chi connectivity index (χ3n) is 2.03. The molecule has 100 valence electrons. The molecule has 0 saturated carbocycles. The van der Waals surface area contributed by atoms with Crippen molar-refractivity contribution in [1.82, 2.24) is 5.32 Å². The van der Waals surface area contributed by atoms with Crippen molar-refractivity contribution < 1.29 is 21.8 Å². The highest BCUT2D eigenvalue weighted by Gasteiger charge is 2.16. The molecule has 1 atom stereocenters. The van der Waals surface area contributed by atoms with Crippen LogP contribution >= 0.6 is 0 Å². The first-order valence-corrected chi connectivity index (χ1v) is 6.81. The van der Waals surface area contributed by atoms with E-state index in [1.807, 2.05) is 6.07 Å². The zero-order valence-corrected chi connectivity index (χ0v) is 10.6. The first-order valence-electron chi connectivity index (χ1n) is 5.26. The van der Waals surface area contributed by atoms with Crippen LogP contribution in [-0.4, -0.2) is 26.3 Å². The second-order valence-electron chi connectivity index (χ2n) is 3.81. The molecular formula is C11H14FNO4S. The highest BCUT2D eigenvalue weighted by atomic mass is 32.3. The van der Waals surface area contributed by atoms with Gasteiger partial charge in [0.25, 0.3) is 0 Å². The van der Waals surface area contributed by atoms with Crippen molar-refractivity contribution in [2.45, 2.75) is 19.6 Å². The summed E-state index contributed by atoms with van der Waals surface area (Å²) in [5, 5.41) is 2.23. The lowest BCUT2D eigenvalue weighted by Crippen LogP contribution is -2.37. The van der Waals surface area contributed by atoms with Gasteiger partial charge in [-0.2, -0.15) is 8.42 Å². The summed E-state index contributed by atoms with van der Waals surface area (Å²) in [6.07, 6.45) is -0.782. The van der Waals surface area contributed by atoms with E-state index in [0.717, 1.165) is 5.56 Å². The van der Waals surface area contributed by atoms with E-state index < -0.39 is 28.1 Å². The average molecular weight is 275 g/mol. The molecule has 0 aliphatic rings. The number of alkyl carbamates (subject to hydrolysis) is 1. The molecule has 0 spiro atoms. The van der Waals surface area contributed by atoms with Crippen molar-refractivity contribution in [3.63, 3.8) is 0 Å². The van der Waals surface area contributed by atoms with Crippen molar-refractivity contribution in [3.05, 3.63) is 35.9 Å². The van der Waals surface area contributed by atoms with Crippen LogP contribution in [0.5, 0.6) is 0 Å². The monoisotopic (exact) mass is 275 g/mol. The van der Waals surface area contributed by atoms with Crippen LogP contribution in [0, 0.1) is 0 Å². The summed E-state index contributed by atoms with van der Waals surface area (Å²) in [5.74, 6) is -0.770. The van der Waals surface area contributed by atoms with Crippen LogP contribution < -0.4 is 5.32 Å². The number of amides is 1. The molecule has 0 saturated heterocycles. The molecule has 5 nitrogen and oxygen atoms in total. The number of carbonyl (C=O) groups is 1. The van der Waals surface area contributed by atoms with Gasteiger partial charge in [0, 0.05) is 6.04 Å². The van der Waals surface area contributed by atoms with Crippen LogP contribution in [0.15, 0.2) is 30.3 Å². The van der Waals surface area contributed by atoms with Gasteiger partial charge in [0.1, 0.15) is 6.61 Å². The highest BCUT2D eigenvalue weighted by Crippen LogP contribution is 2.01. The third kappa shape index (κ3) is 6.19. The number of hydrogen-bond donors (Lipinski definition) is 1. The minimum absolute atomic E-state index is 0.0712. The van der Waals surface area contributed by atoms with Gasteiger partial charge in [-0.15, -0.1) is 3.89 Å². The molecule has 0 unspecified atom stereocenters. The Bertz CT molecular complexity index is 489. The van der Waals surface area contributed by atoms with Crippen molar-refractivity contribution in [2.75, 3.05) is 5.75 Å². The van der Waals surface area contributed by atoms with Crippen LogP contribution in [-0.2, 0) is 21.6 Å². The maximum absolute atomic E-state index is 12.3. The summed E-state index contributed by atoms with van der Waals surface area (Å²) < 4.78 is 37.9. The van der Waals surface area contributed by atoms with E-state index in [1.165, 1.54) is 6.92 Å². The highest BCUT2D eigenvalue weighted by molar-refractivity contribution is 7.86. The Labute approximate surface area is 105 Å². The maximum Gasteiger partial charge on any atom is 0.407 e. The fourth-order valence-electron chi connectivity index (χ4n) is 1.31. The molecule has 1 aromatic rings. The second kappa shape index (κ2) is 6.34. The molecule has 0 heterocycles. The Morgan fingerprint density at radius 2 is 2.00 bits per heavy atom. The van der Waals surface area contributed by atoms with Gasteiger partial charge >= 0.3 is 16.3 Å². The first kappa shape index (κ1) is 14.4. The van der Waals surface area contributed by atoms with Crippen LogP contribution in [0.3, 0.4) is 0 Å². The predicted octanol–water partition coefficient (Wildman–Crippen LogP) is 1.60. The first-order chi connectivity index (χ1) is 8.37. The minimum Gasteiger partial charge on any atom is -0.445 e. The van der Waals surface area contributed by atoms with Gasteiger partial charge < -0.3 is 10.1 Å².